The smallest absolute Gasteiger partial charge is 0.303 e. The summed E-state index contributed by atoms with van der Waals surface area (Å²) in [5, 5.41) is 16.3. The Bertz CT molecular complexity index is 295. The highest BCUT2D eigenvalue weighted by molar-refractivity contribution is 5.66. The summed E-state index contributed by atoms with van der Waals surface area (Å²) in [5.41, 5.74) is 1.83. The lowest BCUT2D eigenvalue weighted by Crippen LogP contribution is -1.97. The van der Waals surface area contributed by atoms with Crippen molar-refractivity contribution in [2.24, 2.45) is 0 Å². The second-order valence-corrected chi connectivity index (χ2v) is 3.27. The standard InChI is InChI=1S/C10H14N2O2/c1-8-6-7-9(12-11-8)4-2-3-5-10(13)14/h6-7H,2-5H2,1H3,(H,13,14). The van der Waals surface area contributed by atoms with Gasteiger partial charge in [-0.2, -0.15) is 10.2 Å². The number of hydrogen-bond acceptors (Lipinski definition) is 3. The first-order valence-electron chi connectivity index (χ1n) is 4.69. The summed E-state index contributed by atoms with van der Waals surface area (Å²) < 4.78 is 0. The fourth-order valence-corrected chi connectivity index (χ4v) is 1.14. The van der Waals surface area contributed by atoms with Gasteiger partial charge in [-0.1, -0.05) is 0 Å². The second kappa shape index (κ2) is 5.32. The molecule has 0 aromatic carbocycles. The van der Waals surface area contributed by atoms with E-state index in [1.54, 1.807) is 0 Å². The van der Waals surface area contributed by atoms with E-state index in [9.17, 15) is 4.79 Å². The minimum atomic E-state index is -0.736. The van der Waals surface area contributed by atoms with Crippen molar-refractivity contribution < 1.29 is 9.90 Å². The first-order chi connectivity index (χ1) is 6.68. The minimum absolute atomic E-state index is 0.235. The van der Waals surface area contributed by atoms with Gasteiger partial charge >= 0.3 is 5.97 Å². The second-order valence-electron chi connectivity index (χ2n) is 3.27. The number of aryl methyl sites for hydroxylation is 2. The zero-order valence-corrected chi connectivity index (χ0v) is 8.23. The highest BCUT2D eigenvalue weighted by atomic mass is 16.4. The van der Waals surface area contributed by atoms with Gasteiger partial charge in [0.2, 0.25) is 0 Å². The molecule has 0 spiro atoms. The van der Waals surface area contributed by atoms with Crippen molar-refractivity contribution in [1.29, 1.82) is 0 Å². The van der Waals surface area contributed by atoms with E-state index < -0.39 is 5.97 Å². The molecule has 1 rings (SSSR count). The first kappa shape index (κ1) is 10.6. The topological polar surface area (TPSA) is 63.1 Å². The highest BCUT2D eigenvalue weighted by Gasteiger charge is 1.98. The summed E-state index contributed by atoms with van der Waals surface area (Å²) in [5.74, 6) is -0.736. The maximum atomic E-state index is 10.2. The average Bonchev–Trinajstić information content (AvgIpc) is 2.15. The molecule has 0 saturated carbocycles. The van der Waals surface area contributed by atoms with Gasteiger partial charge in [-0.25, -0.2) is 0 Å². The van der Waals surface area contributed by atoms with Crippen LogP contribution in [0.15, 0.2) is 12.1 Å². The molecular weight excluding hydrogens is 180 g/mol. The highest BCUT2D eigenvalue weighted by Crippen LogP contribution is 2.03. The molecule has 1 aromatic heterocycles. The predicted octanol–water partition coefficient (Wildman–Crippen LogP) is 1.58. The summed E-state index contributed by atoms with van der Waals surface area (Å²) in [4.78, 5) is 10.2. The number of rotatable bonds is 5. The number of aliphatic carboxylic acids is 1. The lowest BCUT2D eigenvalue weighted by Gasteiger charge is -1.98. The van der Waals surface area contributed by atoms with Gasteiger partial charge in [0.1, 0.15) is 0 Å². The van der Waals surface area contributed by atoms with Crippen LogP contribution in [0.2, 0.25) is 0 Å². The Morgan fingerprint density at radius 3 is 2.71 bits per heavy atom. The number of hydrogen-bond donors (Lipinski definition) is 1. The molecule has 1 aromatic rings. The van der Waals surface area contributed by atoms with Gasteiger partial charge in [0.15, 0.2) is 0 Å². The Balaban J connectivity index is 2.25. The summed E-state index contributed by atoms with van der Waals surface area (Å²) in [6, 6.07) is 3.85. The number of carbonyl (C=O) groups is 1. The van der Waals surface area contributed by atoms with Gasteiger partial charge in [-0.3, -0.25) is 4.79 Å². The van der Waals surface area contributed by atoms with Crippen LogP contribution in [0, 0.1) is 6.92 Å². The number of nitrogens with zero attached hydrogens (tertiary/aromatic N) is 2. The molecular formula is C10H14N2O2. The third-order valence-electron chi connectivity index (χ3n) is 1.93. The van der Waals surface area contributed by atoms with Crippen LogP contribution in [0.4, 0.5) is 0 Å². The van der Waals surface area contributed by atoms with Crippen molar-refractivity contribution in [2.75, 3.05) is 0 Å². The van der Waals surface area contributed by atoms with Gasteiger partial charge < -0.3 is 5.11 Å². The summed E-state index contributed by atoms with van der Waals surface area (Å²) in [7, 11) is 0. The van der Waals surface area contributed by atoms with Gasteiger partial charge in [0.25, 0.3) is 0 Å². The van der Waals surface area contributed by atoms with Gasteiger partial charge in [-0.05, 0) is 38.3 Å². The normalized spacial score (nSPS) is 10.1. The lowest BCUT2D eigenvalue weighted by molar-refractivity contribution is -0.137. The van der Waals surface area contributed by atoms with Crippen molar-refractivity contribution in [1.82, 2.24) is 10.2 Å². The van der Waals surface area contributed by atoms with Crippen LogP contribution in [-0.2, 0) is 11.2 Å². The summed E-state index contributed by atoms with van der Waals surface area (Å²) in [6.45, 7) is 1.89. The lowest BCUT2D eigenvalue weighted by atomic mass is 10.1. The quantitative estimate of drug-likeness (QED) is 0.723. The maximum absolute atomic E-state index is 10.2. The molecule has 0 aliphatic heterocycles. The molecule has 4 heteroatoms. The number of carboxylic acid groups (broad SMARTS) is 1. The van der Waals surface area contributed by atoms with Crippen molar-refractivity contribution in [2.45, 2.75) is 32.6 Å². The SMILES string of the molecule is Cc1ccc(CCCCC(=O)O)nn1. The number of aromatic nitrogens is 2. The van der Waals surface area contributed by atoms with Crippen LogP contribution < -0.4 is 0 Å². The zero-order chi connectivity index (χ0) is 10.4. The molecule has 76 valence electrons. The summed E-state index contributed by atoms with van der Waals surface area (Å²) in [6.07, 6.45) is 2.59. The summed E-state index contributed by atoms with van der Waals surface area (Å²) >= 11 is 0. The van der Waals surface area contributed by atoms with Gasteiger partial charge in [0.05, 0.1) is 11.4 Å². The van der Waals surface area contributed by atoms with Crippen molar-refractivity contribution in [3.05, 3.63) is 23.5 Å². The Morgan fingerprint density at radius 2 is 2.14 bits per heavy atom. The molecule has 0 aliphatic rings. The fraction of sp³-hybridized carbons (Fsp3) is 0.500. The third-order valence-corrected chi connectivity index (χ3v) is 1.93. The molecule has 0 radical (unpaired) electrons. The van der Waals surface area contributed by atoms with E-state index in [0.29, 0.717) is 6.42 Å². The van der Waals surface area contributed by atoms with Crippen LogP contribution in [-0.4, -0.2) is 21.3 Å². The van der Waals surface area contributed by atoms with Crippen LogP contribution in [0.25, 0.3) is 0 Å². The Kier molecular flexibility index (Phi) is 4.04. The zero-order valence-electron chi connectivity index (χ0n) is 8.23. The predicted molar refractivity (Wildman–Crippen MR) is 52.0 cm³/mol. The third kappa shape index (κ3) is 3.98. The van der Waals surface area contributed by atoms with Crippen LogP contribution in [0.3, 0.4) is 0 Å². The van der Waals surface area contributed by atoms with Crippen molar-refractivity contribution in [3.8, 4) is 0 Å². The molecule has 0 unspecified atom stereocenters. The van der Waals surface area contributed by atoms with E-state index in [-0.39, 0.29) is 6.42 Å². The van der Waals surface area contributed by atoms with E-state index in [1.165, 1.54) is 0 Å². The fourth-order valence-electron chi connectivity index (χ4n) is 1.14. The molecule has 0 atom stereocenters. The Labute approximate surface area is 83.0 Å². The van der Waals surface area contributed by atoms with Gasteiger partial charge in [-0.15, -0.1) is 0 Å². The molecule has 0 fully saturated rings. The Hall–Kier alpha value is -1.45. The molecule has 0 bridgehead atoms. The van der Waals surface area contributed by atoms with E-state index in [0.717, 1.165) is 24.2 Å². The average molecular weight is 194 g/mol. The Morgan fingerprint density at radius 1 is 1.36 bits per heavy atom. The minimum Gasteiger partial charge on any atom is -0.481 e. The van der Waals surface area contributed by atoms with Crippen molar-refractivity contribution >= 4 is 5.97 Å². The molecule has 4 nitrogen and oxygen atoms in total. The monoisotopic (exact) mass is 194 g/mol. The van der Waals surface area contributed by atoms with E-state index in [1.807, 2.05) is 19.1 Å². The van der Waals surface area contributed by atoms with Gasteiger partial charge in [0, 0.05) is 6.42 Å². The molecule has 1 heterocycles. The molecule has 1 N–H and O–H groups in total. The van der Waals surface area contributed by atoms with Crippen LogP contribution in [0.5, 0.6) is 0 Å². The van der Waals surface area contributed by atoms with E-state index in [4.69, 9.17) is 5.11 Å². The molecule has 14 heavy (non-hydrogen) atoms. The van der Waals surface area contributed by atoms with Crippen molar-refractivity contribution in [3.63, 3.8) is 0 Å². The largest absolute Gasteiger partial charge is 0.481 e. The van der Waals surface area contributed by atoms with Crippen LogP contribution in [0.1, 0.15) is 30.7 Å². The van der Waals surface area contributed by atoms with Crippen LogP contribution >= 0.6 is 0 Å². The van der Waals surface area contributed by atoms with E-state index >= 15 is 0 Å². The maximum Gasteiger partial charge on any atom is 0.303 e. The molecule has 0 saturated heterocycles. The number of carboxylic acids is 1. The first-order valence-corrected chi connectivity index (χ1v) is 4.69. The molecule has 0 amide bonds. The van der Waals surface area contributed by atoms with E-state index in [2.05, 4.69) is 10.2 Å². The molecule has 0 aliphatic carbocycles. The number of unbranched alkanes of at least 4 members (excludes halogenated alkanes) is 1.